The highest BCUT2D eigenvalue weighted by Gasteiger charge is 2.30. The number of aromatic nitrogens is 4. The van der Waals surface area contributed by atoms with Crippen molar-refractivity contribution in [3.63, 3.8) is 0 Å². The highest BCUT2D eigenvalue weighted by atomic mass is 16.2. The van der Waals surface area contributed by atoms with Crippen LogP contribution in [0.4, 0.5) is 11.5 Å². The van der Waals surface area contributed by atoms with Gasteiger partial charge in [-0.2, -0.15) is 0 Å². The normalized spacial score (nSPS) is 17.5. The number of carbonyl (C=O) groups excluding carboxylic acids is 1. The van der Waals surface area contributed by atoms with Crippen molar-refractivity contribution in [2.75, 3.05) is 42.9 Å². The van der Waals surface area contributed by atoms with E-state index in [0.29, 0.717) is 12.5 Å². The Labute approximate surface area is 175 Å². The average Bonchev–Trinajstić information content (AvgIpc) is 3.50. The van der Waals surface area contributed by atoms with E-state index in [-0.39, 0.29) is 5.91 Å². The van der Waals surface area contributed by atoms with Gasteiger partial charge in [-0.1, -0.05) is 12.1 Å². The lowest BCUT2D eigenvalue weighted by Crippen LogP contribution is -2.49. The summed E-state index contributed by atoms with van der Waals surface area (Å²) >= 11 is 0. The molecule has 1 saturated carbocycles. The zero-order chi connectivity index (χ0) is 20.7. The first-order chi connectivity index (χ1) is 14.6. The first kappa shape index (κ1) is 19.0. The molecule has 3 aromatic rings. The monoisotopic (exact) mass is 405 g/mol. The van der Waals surface area contributed by atoms with Crippen LogP contribution in [0.3, 0.4) is 0 Å². The lowest BCUT2D eigenvalue weighted by atomic mass is 10.1. The average molecular weight is 406 g/mol. The number of anilines is 2. The number of amides is 1. The van der Waals surface area contributed by atoms with Crippen molar-refractivity contribution in [1.82, 2.24) is 24.5 Å². The van der Waals surface area contributed by atoms with Crippen LogP contribution >= 0.6 is 0 Å². The molecule has 8 nitrogen and oxygen atoms in total. The van der Waals surface area contributed by atoms with Gasteiger partial charge < -0.3 is 10.2 Å². The Morgan fingerprint density at radius 1 is 1.13 bits per heavy atom. The molecule has 2 aromatic heterocycles. The number of piperazine rings is 1. The van der Waals surface area contributed by atoms with Crippen LogP contribution in [-0.2, 0) is 4.79 Å². The van der Waals surface area contributed by atoms with Crippen LogP contribution in [0.2, 0.25) is 0 Å². The fraction of sp³-hybridized carbons (Fsp3) is 0.455. The summed E-state index contributed by atoms with van der Waals surface area (Å²) < 4.78 is 2.09. The minimum atomic E-state index is 0.0314. The second-order valence-corrected chi connectivity index (χ2v) is 8.34. The maximum atomic E-state index is 12.5. The van der Waals surface area contributed by atoms with E-state index in [2.05, 4.69) is 47.7 Å². The summed E-state index contributed by atoms with van der Waals surface area (Å²) in [7, 11) is 0. The summed E-state index contributed by atoms with van der Waals surface area (Å²) in [6.07, 6.45) is 6.18. The van der Waals surface area contributed by atoms with Gasteiger partial charge in [-0.3, -0.25) is 14.1 Å². The van der Waals surface area contributed by atoms with Crippen molar-refractivity contribution in [1.29, 1.82) is 0 Å². The van der Waals surface area contributed by atoms with E-state index in [4.69, 9.17) is 0 Å². The van der Waals surface area contributed by atoms with Crippen LogP contribution in [0.15, 0.2) is 30.6 Å². The second-order valence-electron chi connectivity index (χ2n) is 8.34. The van der Waals surface area contributed by atoms with Crippen molar-refractivity contribution in [2.45, 2.75) is 32.6 Å². The van der Waals surface area contributed by atoms with E-state index < -0.39 is 0 Å². The summed E-state index contributed by atoms with van der Waals surface area (Å²) in [5, 5.41) is 11.9. The molecule has 1 amide bonds. The third kappa shape index (κ3) is 3.63. The van der Waals surface area contributed by atoms with E-state index in [1.54, 1.807) is 0 Å². The Balaban J connectivity index is 1.21. The highest BCUT2D eigenvalue weighted by molar-refractivity contribution is 5.93. The first-order valence-corrected chi connectivity index (χ1v) is 10.6. The van der Waals surface area contributed by atoms with Gasteiger partial charge in [-0.15, -0.1) is 10.2 Å². The summed E-state index contributed by atoms with van der Waals surface area (Å²) in [4.78, 5) is 21.6. The Kier molecular flexibility index (Phi) is 4.86. The summed E-state index contributed by atoms with van der Waals surface area (Å²) in [6, 6.07) is 5.99. The number of rotatable bonds is 5. The van der Waals surface area contributed by atoms with Gasteiger partial charge in [-0.05, 0) is 43.9 Å². The van der Waals surface area contributed by atoms with Crippen molar-refractivity contribution in [2.24, 2.45) is 0 Å². The number of nitrogens with one attached hydrogen (secondary N) is 1. The summed E-state index contributed by atoms with van der Waals surface area (Å²) in [5.74, 6) is 2.51. The van der Waals surface area contributed by atoms with E-state index in [0.717, 1.165) is 54.7 Å². The number of nitrogens with zero attached hydrogens (tertiary/aromatic N) is 6. The molecular formula is C22H27N7O. The minimum absolute atomic E-state index is 0.0314. The smallest absolute Gasteiger partial charge is 0.238 e. The molecule has 0 bridgehead atoms. The molecule has 1 aromatic carbocycles. The molecule has 2 fully saturated rings. The lowest BCUT2D eigenvalue weighted by molar-refractivity contribution is -0.117. The van der Waals surface area contributed by atoms with Crippen LogP contribution in [0, 0.1) is 13.8 Å². The van der Waals surface area contributed by atoms with Crippen LogP contribution in [0.1, 0.15) is 35.7 Å². The number of hydrogen-bond donors (Lipinski definition) is 1. The van der Waals surface area contributed by atoms with Crippen LogP contribution < -0.4 is 10.2 Å². The topological polar surface area (TPSA) is 78.7 Å². The van der Waals surface area contributed by atoms with Crippen LogP contribution in [0.25, 0.3) is 5.65 Å². The zero-order valence-electron chi connectivity index (χ0n) is 17.5. The van der Waals surface area contributed by atoms with Crippen molar-refractivity contribution in [3.8, 4) is 0 Å². The van der Waals surface area contributed by atoms with Crippen molar-refractivity contribution >= 4 is 23.1 Å². The fourth-order valence-electron chi connectivity index (χ4n) is 4.07. The number of fused-ring (bicyclic) bond motifs is 1. The van der Waals surface area contributed by atoms with Gasteiger partial charge in [0.2, 0.25) is 11.6 Å². The highest BCUT2D eigenvalue weighted by Crippen LogP contribution is 2.39. The number of carbonyl (C=O) groups is 1. The van der Waals surface area contributed by atoms with Gasteiger partial charge >= 0.3 is 0 Å². The van der Waals surface area contributed by atoms with Crippen LogP contribution in [-0.4, -0.2) is 63.1 Å². The second kappa shape index (κ2) is 7.68. The number of aryl methyl sites for hydroxylation is 1. The van der Waals surface area contributed by atoms with Gasteiger partial charge in [0.05, 0.1) is 6.54 Å². The maximum absolute atomic E-state index is 12.5. The van der Waals surface area contributed by atoms with Crippen molar-refractivity contribution < 1.29 is 4.79 Å². The SMILES string of the molecule is Cc1cccc(NC(=O)CN2CCN(c3nccn4c(C5CC5)nnc34)CC2)c1C. The Morgan fingerprint density at radius 2 is 1.93 bits per heavy atom. The largest absolute Gasteiger partial charge is 0.351 e. The molecule has 0 atom stereocenters. The molecule has 1 N–H and O–H groups in total. The maximum Gasteiger partial charge on any atom is 0.238 e. The van der Waals surface area contributed by atoms with Gasteiger partial charge in [-0.25, -0.2) is 4.98 Å². The molecular weight excluding hydrogens is 378 g/mol. The molecule has 0 radical (unpaired) electrons. The molecule has 30 heavy (non-hydrogen) atoms. The van der Waals surface area contributed by atoms with E-state index in [1.807, 2.05) is 31.5 Å². The molecule has 5 rings (SSSR count). The third-order valence-electron chi connectivity index (χ3n) is 6.19. The Hall–Kier alpha value is -3.00. The fourth-order valence-corrected chi connectivity index (χ4v) is 4.07. The molecule has 0 spiro atoms. The minimum Gasteiger partial charge on any atom is -0.351 e. The Morgan fingerprint density at radius 3 is 2.70 bits per heavy atom. The molecule has 1 saturated heterocycles. The molecule has 8 heteroatoms. The van der Waals surface area contributed by atoms with E-state index in [9.17, 15) is 4.79 Å². The predicted octanol–water partition coefficient (Wildman–Crippen LogP) is 2.38. The lowest BCUT2D eigenvalue weighted by Gasteiger charge is -2.34. The zero-order valence-corrected chi connectivity index (χ0v) is 17.5. The quantitative estimate of drug-likeness (QED) is 0.702. The molecule has 2 aliphatic rings. The Bertz CT molecular complexity index is 1080. The third-order valence-corrected chi connectivity index (χ3v) is 6.19. The van der Waals surface area contributed by atoms with E-state index in [1.165, 1.54) is 18.4 Å². The molecule has 3 heterocycles. The van der Waals surface area contributed by atoms with E-state index >= 15 is 0 Å². The van der Waals surface area contributed by atoms with Gasteiger partial charge in [0.1, 0.15) is 5.82 Å². The van der Waals surface area contributed by atoms with Crippen LogP contribution in [0.5, 0.6) is 0 Å². The first-order valence-electron chi connectivity index (χ1n) is 10.6. The standard InChI is InChI=1S/C22H27N7O/c1-15-4-3-5-18(16(15)2)24-19(30)14-27-10-12-28(13-11-27)21-22-26-25-20(17-6-7-17)29(22)9-8-23-21/h3-5,8-9,17H,6-7,10-14H2,1-2H3,(H,24,30). The van der Waals surface area contributed by atoms with Gasteiger partial charge in [0, 0.05) is 50.2 Å². The molecule has 0 unspecified atom stereocenters. The number of benzene rings is 1. The van der Waals surface area contributed by atoms with Gasteiger partial charge in [0.15, 0.2) is 5.82 Å². The molecule has 156 valence electrons. The number of hydrogen-bond acceptors (Lipinski definition) is 6. The summed E-state index contributed by atoms with van der Waals surface area (Å²) in [6.45, 7) is 7.75. The van der Waals surface area contributed by atoms with Gasteiger partial charge in [0.25, 0.3) is 0 Å². The predicted molar refractivity (Wildman–Crippen MR) is 116 cm³/mol. The molecule has 1 aliphatic heterocycles. The van der Waals surface area contributed by atoms with Crippen molar-refractivity contribution in [3.05, 3.63) is 47.5 Å². The summed E-state index contributed by atoms with van der Waals surface area (Å²) in [5.41, 5.74) is 4.03. The molecule has 1 aliphatic carbocycles.